The van der Waals surface area contributed by atoms with Crippen molar-refractivity contribution in [3.63, 3.8) is 0 Å². The molecule has 140 valence electrons. The molecule has 0 aromatic heterocycles. The topological polar surface area (TPSA) is 40.6 Å². The molecule has 4 nitrogen and oxygen atoms in total. The third-order valence-corrected chi connectivity index (χ3v) is 7.50. The van der Waals surface area contributed by atoms with Gasteiger partial charge in [-0.3, -0.25) is 0 Å². The lowest BCUT2D eigenvalue weighted by molar-refractivity contribution is 0.382. The Balaban J connectivity index is 1.87. The van der Waals surface area contributed by atoms with E-state index in [2.05, 4.69) is 0 Å². The number of rotatable bonds is 3. The van der Waals surface area contributed by atoms with Crippen molar-refractivity contribution in [3.8, 4) is 0 Å². The van der Waals surface area contributed by atoms with Gasteiger partial charge in [-0.2, -0.15) is 4.31 Å². The monoisotopic (exact) mass is 376 g/mol. The molecule has 26 heavy (non-hydrogen) atoms. The number of para-hydroxylation sites is 1. The van der Waals surface area contributed by atoms with Crippen LogP contribution in [0.2, 0.25) is 0 Å². The van der Waals surface area contributed by atoms with E-state index in [1.54, 1.807) is 18.2 Å². The molecule has 0 aliphatic carbocycles. The zero-order valence-electron chi connectivity index (χ0n) is 15.7. The SMILES string of the molecule is Cc1cc(C)c(C)c(S(=O)(=O)N2CCN(c3ccccc3F)CC2)c1C. The summed E-state index contributed by atoms with van der Waals surface area (Å²) in [5.41, 5.74) is 4.12. The largest absolute Gasteiger partial charge is 0.367 e. The van der Waals surface area contributed by atoms with Gasteiger partial charge >= 0.3 is 0 Å². The highest BCUT2D eigenvalue weighted by atomic mass is 32.2. The van der Waals surface area contributed by atoms with Crippen molar-refractivity contribution >= 4 is 15.7 Å². The molecule has 1 aliphatic heterocycles. The van der Waals surface area contributed by atoms with E-state index >= 15 is 0 Å². The molecule has 1 saturated heterocycles. The molecule has 0 atom stereocenters. The Kier molecular flexibility index (Phi) is 5.08. The smallest absolute Gasteiger partial charge is 0.243 e. The average molecular weight is 376 g/mol. The highest BCUT2D eigenvalue weighted by Gasteiger charge is 2.32. The fraction of sp³-hybridized carbons (Fsp3) is 0.400. The molecule has 1 aliphatic rings. The van der Waals surface area contributed by atoms with Crippen molar-refractivity contribution in [2.24, 2.45) is 0 Å². The Labute approximate surface area is 155 Å². The molecule has 0 N–H and O–H groups in total. The fourth-order valence-corrected chi connectivity index (χ4v) is 5.57. The van der Waals surface area contributed by atoms with E-state index in [-0.39, 0.29) is 5.82 Å². The van der Waals surface area contributed by atoms with Gasteiger partial charge in [0.1, 0.15) is 5.82 Å². The maximum absolute atomic E-state index is 14.0. The number of benzene rings is 2. The predicted molar refractivity (Wildman–Crippen MR) is 103 cm³/mol. The van der Waals surface area contributed by atoms with Crippen molar-refractivity contribution in [1.29, 1.82) is 0 Å². The maximum Gasteiger partial charge on any atom is 0.243 e. The number of halogens is 1. The van der Waals surface area contributed by atoms with Gasteiger partial charge in [0.25, 0.3) is 0 Å². The summed E-state index contributed by atoms with van der Waals surface area (Å²) in [5, 5.41) is 0. The van der Waals surface area contributed by atoms with E-state index < -0.39 is 10.0 Å². The number of aryl methyl sites for hydroxylation is 2. The summed E-state index contributed by atoms with van der Waals surface area (Å²) in [6.45, 7) is 9.26. The van der Waals surface area contributed by atoms with E-state index in [1.807, 2.05) is 38.7 Å². The Morgan fingerprint density at radius 2 is 1.42 bits per heavy atom. The third-order valence-electron chi connectivity index (χ3n) is 5.33. The number of hydrogen-bond acceptors (Lipinski definition) is 3. The van der Waals surface area contributed by atoms with Crippen LogP contribution in [-0.2, 0) is 10.0 Å². The minimum atomic E-state index is -3.57. The summed E-state index contributed by atoms with van der Waals surface area (Å²) >= 11 is 0. The molecule has 0 spiro atoms. The highest BCUT2D eigenvalue weighted by molar-refractivity contribution is 7.89. The summed E-state index contributed by atoms with van der Waals surface area (Å²) in [6.07, 6.45) is 0. The minimum Gasteiger partial charge on any atom is -0.367 e. The van der Waals surface area contributed by atoms with E-state index in [4.69, 9.17) is 0 Å². The number of anilines is 1. The molecule has 0 bridgehead atoms. The molecule has 0 radical (unpaired) electrons. The first kappa shape index (κ1) is 18.9. The van der Waals surface area contributed by atoms with Gasteiger partial charge in [0, 0.05) is 26.2 Å². The van der Waals surface area contributed by atoms with Gasteiger partial charge in [-0.15, -0.1) is 0 Å². The van der Waals surface area contributed by atoms with E-state index in [1.165, 1.54) is 10.4 Å². The van der Waals surface area contributed by atoms with Crippen molar-refractivity contribution in [1.82, 2.24) is 4.31 Å². The molecular formula is C20H25FN2O2S. The van der Waals surface area contributed by atoms with Gasteiger partial charge in [0.15, 0.2) is 0 Å². The Morgan fingerprint density at radius 1 is 0.885 bits per heavy atom. The quantitative estimate of drug-likeness (QED) is 0.822. The number of nitrogens with zero attached hydrogens (tertiary/aromatic N) is 2. The molecule has 2 aromatic carbocycles. The number of sulfonamides is 1. The van der Waals surface area contributed by atoms with Crippen LogP contribution in [0.1, 0.15) is 22.3 Å². The summed E-state index contributed by atoms with van der Waals surface area (Å²) in [6, 6.07) is 8.65. The van der Waals surface area contributed by atoms with Crippen molar-refractivity contribution in [3.05, 3.63) is 58.4 Å². The van der Waals surface area contributed by atoms with Crippen LogP contribution in [0.25, 0.3) is 0 Å². The summed E-state index contributed by atoms with van der Waals surface area (Å²) < 4.78 is 42.1. The Hall–Kier alpha value is -1.92. The maximum atomic E-state index is 14.0. The second kappa shape index (κ2) is 7.00. The second-order valence-corrected chi connectivity index (χ2v) is 8.81. The molecule has 0 saturated carbocycles. The van der Waals surface area contributed by atoms with Gasteiger partial charge in [0.2, 0.25) is 10.0 Å². The second-order valence-electron chi connectivity index (χ2n) is 6.93. The van der Waals surface area contributed by atoms with Gasteiger partial charge < -0.3 is 4.90 Å². The Morgan fingerprint density at radius 3 is 1.96 bits per heavy atom. The van der Waals surface area contributed by atoms with Crippen molar-refractivity contribution in [2.75, 3.05) is 31.1 Å². The van der Waals surface area contributed by atoms with Crippen LogP contribution in [0.3, 0.4) is 0 Å². The number of hydrogen-bond donors (Lipinski definition) is 0. The average Bonchev–Trinajstić information content (AvgIpc) is 2.61. The first-order valence-electron chi connectivity index (χ1n) is 8.80. The summed E-state index contributed by atoms with van der Waals surface area (Å²) in [5.74, 6) is -0.273. The molecule has 0 unspecified atom stereocenters. The first-order chi connectivity index (χ1) is 12.2. The zero-order valence-corrected chi connectivity index (χ0v) is 16.5. The van der Waals surface area contributed by atoms with Crippen LogP contribution in [0.5, 0.6) is 0 Å². The van der Waals surface area contributed by atoms with Crippen LogP contribution in [0.15, 0.2) is 35.2 Å². The van der Waals surface area contributed by atoms with Crippen LogP contribution >= 0.6 is 0 Å². The lowest BCUT2D eigenvalue weighted by atomic mass is 10.0. The van der Waals surface area contributed by atoms with Gasteiger partial charge in [-0.1, -0.05) is 18.2 Å². The number of piperazine rings is 1. The van der Waals surface area contributed by atoms with E-state index in [9.17, 15) is 12.8 Å². The predicted octanol–water partition coefficient (Wildman–Crippen LogP) is 3.57. The van der Waals surface area contributed by atoms with E-state index in [0.29, 0.717) is 36.8 Å². The van der Waals surface area contributed by atoms with Crippen LogP contribution < -0.4 is 4.90 Å². The standard InChI is InChI=1S/C20H25FN2O2S/c1-14-13-15(2)17(4)20(16(14)3)26(24,25)23-11-9-22(10-12-23)19-8-6-5-7-18(19)21/h5-8,13H,9-12H2,1-4H3. The lowest BCUT2D eigenvalue weighted by Gasteiger charge is -2.36. The normalized spacial score (nSPS) is 16.1. The molecular weight excluding hydrogens is 351 g/mol. The molecule has 3 rings (SSSR count). The fourth-order valence-electron chi connectivity index (χ4n) is 3.57. The lowest BCUT2D eigenvalue weighted by Crippen LogP contribution is -2.49. The van der Waals surface area contributed by atoms with Gasteiger partial charge in [-0.25, -0.2) is 12.8 Å². The molecule has 1 fully saturated rings. The molecule has 2 aromatic rings. The molecule has 6 heteroatoms. The molecule has 1 heterocycles. The van der Waals surface area contributed by atoms with Crippen molar-refractivity contribution < 1.29 is 12.8 Å². The highest BCUT2D eigenvalue weighted by Crippen LogP contribution is 2.30. The van der Waals surface area contributed by atoms with Crippen molar-refractivity contribution in [2.45, 2.75) is 32.6 Å². The van der Waals surface area contributed by atoms with Crippen LogP contribution in [0.4, 0.5) is 10.1 Å². The van der Waals surface area contributed by atoms with Gasteiger partial charge in [0.05, 0.1) is 10.6 Å². The Bertz CT molecular complexity index is 907. The molecule has 0 amide bonds. The minimum absolute atomic E-state index is 0.273. The third kappa shape index (κ3) is 3.23. The van der Waals surface area contributed by atoms with Crippen LogP contribution in [0, 0.1) is 33.5 Å². The van der Waals surface area contributed by atoms with Crippen LogP contribution in [-0.4, -0.2) is 38.9 Å². The first-order valence-corrected chi connectivity index (χ1v) is 10.2. The van der Waals surface area contributed by atoms with Gasteiger partial charge in [-0.05, 0) is 62.1 Å². The summed E-state index contributed by atoms with van der Waals surface area (Å²) in [7, 11) is -3.57. The zero-order chi connectivity index (χ0) is 19.1. The van der Waals surface area contributed by atoms with E-state index in [0.717, 1.165) is 22.3 Å². The summed E-state index contributed by atoms with van der Waals surface area (Å²) in [4.78, 5) is 2.33.